The van der Waals surface area contributed by atoms with E-state index in [1.165, 1.54) is 22.4 Å². The normalized spacial score (nSPS) is 14.4. The van der Waals surface area contributed by atoms with Crippen LogP contribution in [0.5, 0.6) is 0 Å². The predicted molar refractivity (Wildman–Crippen MR) is 92.9 cm³/mol. The molecule has 1 aromatic carbocycles. The van der Waals surface area contributed by atoms with E-state index in [4.69, 9.17) is 0 Å². The summed E-state index contributed by atoms with van der Waals surface area (Å²) in [4.78, 5) is 25.1. The molecular formula is C16H15N5O3S. The van der Waals surface area contributed by atoms with Gasteiger partial charge in [-0.3, -0.25) is 19.6 Å². The van der Waals surface area contributed by atoms with Gasteiger partial charge in [0.15, 0.2) is 0 Å². The van der Waals surface area contributed by atoms with Crippen LogP contribution >= 0.6 is 11.3 Å². The van der Waals surface area contributed by atoms with Crippen molar-refractivity contribution in [2.75, 3.05) is 6.54 Å². The SMILES string of the molecule is O=c1n(-c2ccc([N+](=O)[O-])cc2)nc2n1CCN(Cc1ccsc1)C2. The average Bonchev–Trinajstić information content (AvgIpc) is 3.23. The molecule has 25 heavy (non-hydrogen) atoms. The van der Waals surface area contributed by atoms with E-state index in [1.54, 1.807) is 28.0 Å². The Hall–Kier alpha value is -2.78. The molecule has 0 N–H and O–H groups in total. The predicted octanol–water partition coefficient (Wildman–Crippen LogP) is 2.02. The Bertz CT molecular complexity index is 959. The van der Waals surface area contributed by atoms with Crippen LogP contribution in [0.2, 0.25) is 0 Å². The maximum Gasteiger partial charge on any atom is 0.350 e. The van der Waals surface area contributed by atoms with Gasteiger partial charge in [-0.15, -0.1) is 5.10 Å². The van der Waals surface area contributed by atoms with Crippen molar-refractivity contribution in [1.29, 1.82) is 0 Å². The molecule has 0 amide bonds. The molecule has 0 unspecified atom stereocenters. The van der Waals surface area contributed by atoms with Crippen molar-refractivity contribution in [2.24, 2.45) is 0 Å². The van der Waals surface area contributed by atoms with Gasteiger partial charge in [0, 0.05) is 31.8 Å². The molecule has 9 heteroatoms. The van der Waals surface area contributed by atoms with Gasteiger partial charge in [0.25, 0.3) is 5.69 Å². The zero-order valence-electron chi connectivity index (χ0n) is 13.2. The van der Waals surface area contributed by atoms with Gasteiger partial charge in [0.2, 0.25) is 0 Å². The van der Waals surface area contributed by atoms with Gasteiger partial charge < -0.3 is 0 Å². The van der Waals surface area contributed by atoms with Crippen LogP contribution in [-0.2, 0) is 19.6 Å². The van der Waals surface area contributed by atoms with Gasteiger partial charge >= 0.3 is 5.69 Å². The van der Waals surface area contributed by atoms with Crippen molar-refractivity contribution in [3.05, 3.63) is 73.1 Å². The van der Waals surface area contributed by atoms with Crippen LogP contribution in [0.3, 0.4) is 0 Å². The van der Waals surface area contributed by atoms with Gasteiger partial charge in [-0.25, -0.2) is 4.79 Å². The fourth-order valence-electron chi connectivity index (χ4n) is 2.96. The van der Waals surface area contributed by atoms with Crippen LogP contribution in [0.4, 0.5) is 5.69 Å². The first kappa shape index (κ1) is 15.7. The molecule has 0 atom stereocenters. The Morgan fingerprint density at radius 2 is 2.00 bits per heavy atom. The topological polar surface area (TPSA) is 86.2 Å². The maximum absolute atomic E-state index is 12.6. The molecule has 3 heterocycles. The van der Waals surface area contributed by atoms with Crippen LogP contribution < -0.4 is 5.69 Å². The molecule has 128 valence electrons. The average molecular weight is 357 g/mol. The highest BCUT2D eigenvalue weighted by molar-refractivity contribution is 7.07. The summed E-state index contributed by atoms with van der Waals surface area (Å²) in [6.45, 7) is 2.81. The fraction of sp³-hybridized carbons (Fsp3) is 0.250. The van der Waals surface area contributed by atoms with Crippen LogP contribution in [-0.4, -0.2) is 30.7 Å². The molecule has 1 aliphatic heterocycles. The molecule has 0 saturated heterocycles. The summed E-state index contributed by atoms with van der Waals surface area (Å²) < 4.78 is 2.98. The van der Waals surface area contributed by atoms with Gasteiger partial charge in [0.05, 0.1) is 17.2 Å². The standard InChI is InChI=1S/C16H15N5O3S/c22-16-19-7-6-18(9-12-5-8-25-11-12)10-15(19)17-20(16)13-1-3-14(4-2-13)21(23)24/h1-5,8,11H,6-7,9-10H2. The van der Waals surface area contributed by atoms with Gasteiger partial charge in [0.1, 0.15) is 5.82 Å². The smallest absolute Gasteiger partial charge is 0.290 e. The van der Waals surface area contributed by atoms with E-state index in [0.717, 1.165) is 13.1 Å². The maximum atomic E-state index is 12.6. The second kappa shape index (κ2) is 6.26. The second-order valence-corrected chi connectivity index (χ2v) is 6.66. The Balaban J connectivity index is 1.60. The van der Waals surface area contributed by atoms with Crippen molar-refractivity contribution in [1.82, 2.24) is 19.2 Å². The molecule has 0 bridgehead atoms. The molecule has 8 nitrogen and oxygen atoms in total. The van der Waals surface area contributed by atoms with E-state index in [2.05, 4.69) is 26.8 Å². The summed E-state index contributed by atoms with van der Waals surface area (Å²) in [6, 6.07) is 7.94. The number of non-ortho nitro benzene ring substituents is 1. The lowest BCUT2D eigenvalue weighted by Gasteiger charge is -2.25. The number of fused-ring (bicyclic) bond motifs is 1. The largest absolute Gasteiger partial charge is 0.350 e. The Morgan fingerprint density at radius 1 is 1.20 bits per heavy atom. The zero-order chi connectivity index (χ0) is 17.4. The van der Waals surface area contributed by atoms with Gasteiger partial charge in [-0.05, 0) is 34.5 Å². The number of nitro benzene ring substituents is 1. The fourth-order valence-corrected chi connectivity index (χ4v) is 3.62. The van der Waals surface area contributed by atoms with E-state index in [1.807, 2.05) is 0 Å². The molecule has 0 saturated carbocycles. The molecule has 2 aromatic heterocycles. The summed E-state index contributed by atoms with van der Waals surface area (Å²) >= 11 is 1.67. The number of rotatable bonds is 4. The molecule has 4 rings (SSSR count). The molecule has 3 aromatic rings. The molecular weight excluding hydrogens is 342 g/mol. The highest BCUT2D eigenvalue weighted by Gasteiger charge is 2.22. The molecule has 0 radical (unpaired) electrons. The number of nitro groups is 1. The molecule has 0 spiro atoms. The van der Waals surface area contributed by atoms with Crippen LogP contribution in [0.15, 0.2) is 45.9 Å². The first-order valence-corrected chi connectivity index (χ1v) is 8.73. The summed E-state index contributed by atoms with van der Waals surface area (Å²) in [6.07, 6.45) is 0. The third kappa shape index (κ3) is 2.99. The van der Waals surface area contributed by atoms with E-state index in [-0.39, 0.29) is 11.4 Å². The summed E-state index contributed by atoms with van der Waals surface area (Å²) in [5.41, 5.74) is 1.57. The summed E-state index contributed by atoms with van der Waals surface area (Å²) in [7, 11) is 0. The van der Waals surface area contributed by atoms with Crippen molar-refractivity contribution >= 4 is 17.0 Å². The van der Waals surface area contributed by atoms with Crippen molar-refractivity contribution in [2.45, 2.75) is 19.6 Å². The number of hydrogen-bond acceptors (Lipinski definition) is 6. The third-order valence-electron chi connectivity index (χ3n) is 4.24. The molecule has 1 aliphatic rings. The lowest BCUT2D eigenvalue weighted by Crippen LogP contribution is -2.37. The first-order chi connectivity index (χ1) is 12.1. The lowest BCUT2D eigenvalue weighted by molar-refractivity contribution is -0.384. The Morgan fingerprint density at radius 3 is 2.68 bits per heavy atom. The number of thiophene rings is 1. The minimum atomic E-state index is -0.465. The number of aromatic nitrogens is 3. The lowest BCUT2D eigenvalue weighted by atomic mass is 10.3. The quantitative estimate of drug-likeness (QED) is 0.527. The highest BCUT2D eigenvalue weighted by atomic mass is 32.1. The summed E-state index contributed by atoms with van der Waals surface area (Å²) in [5.74, 6) is 0.713. The molecule has 0 fully saturated rings. The van der Waals surface area contributed by atoms with Gasteiger partial charge in [-0.2, -0.15) is 16.0 Å². The van der Waals surface area contributed by atoms with E-state index < -0.39 is 4.92 Å². The van der Waals surface area contributed by atoms with Crippen molar-refractivity contribution in [3.8, 4) is 5.69 Å². The Kier molecular flexibility index (Phi) is 3.94. The van der Waals surface area contributed by atoms with Crippen LogP contribution in [0.1, 0.15) is 11.4 Å². The summed E-state index contributed by atoms with van der Waals surface area (Å²) in [5, 5.41) is 19.4. The third-order valence-corrected chi connectivity index (χ3v) is 4.97. The molecule has 0 aliphatic carbocycles. The minimum Gasteiger partial charge on any atom is -0.290 e. The van der Waals surface area contributed by atoms with Crippen molar-refractivity contribution in [3.63, 3.8) is 0 Å². The first-order valence-electron chi connectivity index (χ1n) is 7.79. The number of hydrogen-bond donors (Lipinski definition) is 0. The number of benzene rings is 1. The minimum absolute atomic E-state index is 0.0114. The van der Waals surface area contributed by atoms with E-state index in [9.17, 15) is 14.9 Å². The van der Waals surface area contributed by atoms with Crippen LogP contribution in [0.25, 0.3) is 5.69 Å². The second-order valence-electron chi connectivity index (χ2n) is 5.88. The van der Waals surface area contributed by atoms with Crippen LogP contribution in [0, 0.1) is 10.1 Å². The number of nitrogens with zero attached hydrogens (tertiary/aromatic N) is 5. The highest BCUT2D eigenvalue weighted by Crippen LogP contribution is 2.17. The zero-order valence-corrected chi connectivity index (χ0v) is 14.1. The van der Waals surface area contributed by atoms with E-state index >= 15 is 0 Å². The monoisotopic (exact) mass is 357 g/mol. The van der Waals surface area contributed by atoms with Crippen molar-refractivity contribution < 1.29 is 4.92 Å². The van der Waals surface area contributed by atoms with Gasteiger partial charge in [-0.1, -0.05) is 0 Å². The Labute approximate surface area is 146 Å². The van der Waals surface area contributed by atoms with E-state index in [0.29, 0.717) is 24.6 Å².